The molecule has 0 heterocycles. The average molecular weight is 254 g/mol. The van der Waals surface area contributed by atoms with Crippen molar-refractivity contribution in [1.82, 2.24) is 0 Å². The van der Waals surface area contributed by atoms with Crippen LogP contribution in [0.2, 0.25) is 0 Å². The SMILES string of the molecule is C=C(C)C(=O)OC(CC)(CC)C(CCC)CCC. The number of carbonyl (C=O) groups is 1. The first kappa shape index (κ1) is 17.2. The molecule has 2 heteroatoms. The molecule has 0 unspecified atom stereocenters. The Bertz CT molecular complexity index is 258. The van der Waals surface area contributed by atoms with Crippen LogP contribution < -0.4 is 0 Å². The second-order valence-corrected chi connectivity index (χ2v) is 5.22. The highest BCUT2D eigenvalue weighted by Gasteiger charge is 2.38. The third-order valence-electron chi connectivity index (χ3n) is 3.86. The Balaban J connectivity index is 5.05. The van der Waals surface area contributed by atoms with E-state index in [4.69, 9.17) is 4.74 Å². The second-order valence-electron chi connectivity index (χ2n) is 5.22. The average Bonchev–Trinajstić information content (AvgIpc) is 2.35. The van der Waals surface area contributed by atoms with E-state index in [9.17, 15) is 4.79 Å². The number of hydrogen-bond donors (Lipinski definition) is 0. The highest BCUT2D eigenvalue weighted by atomic mass is 16.6. The van der Waals surface area contributed by atoms with E-state index < -0.39 is 0 Å². The summed E-state index contributed by atoms with van der Waals surface area (Å²) in [6, 6.07) is 0. The molecule has 18 heavy (non-hydrogen) atoms. The Kier molecular flexibility index (Phi) is 7.97. The molecule has 0 amide bonds. The van der Waals surface area contributed by atoms with Crippen molar-refractivity contribution in [3.63, 3.8) is 0 Å². The summed E-state index contributed by atoms with van der Waals surface area (Å²) in [5.74, 6) is 0.224. The van der Waals surface area contributed by atoms with Crippen molar-refractivity contribution in [3.05, 3.63) is 12.2 Å². The van der Waals surface area contributed by atoms with E-state index >= 15 is 0 Å². The summed E-state index contributed by atoms with van der Waals surface area (Å²) >= 11 is 0. The fourth-order valence-corrected chi connectivity index (χ4v) is 2.69. The molecule has 0 saturated heterocycles. The number of hydrogen-bond acceptors (Lipinski definition) is 2. The number of ether oxygens (including phenoxy) is 1. The molecule has 0 spiro atoms. The minimum Gasteiger partial charge on any atom is -0.455 e. The van der Waals surface area contributed by atoms with Crippen LogP contribution in [0.25, 0.3) is 0 Å². The number of carbonyl (C=O) groups excluding carboxylic acids is 1. The van der Waals surface area contributed by atoms with Crippen molar-refractivity contribution >= 4 is 5.97 Å². The molecule has 0 aliphatic carbocycles. The highest BCUT2D eigenvalue weighted by Crippen LogP contribution is 2.36. The van der Waals surface area contributed by atoms with Crippen molar-refractivity contribution in [1.29, 1.82) is 0 Å². The van der Waals surface area contributed by atoms with Gasteiger partial charge in [-0.15, -0.1) is 0 Å². The summed E-state index contributed by atoms with van der Waals surface area (Å²) < 4.78 is 5.83. The maximum absolute atomic E-state index is 11.9. The zero-order valence-corrected chi connectivity index (χ0v) is 12.8. The fourth-order valence-electron chi connectivity index (χ4n) is 2.69. The van der Waals surface area contributed by atoms with Gasteiger partial charge >= 0.3 is 5.97 Å². The smallest absolute Gasteiger partial charge is 0.333 e. The molecule has 2 nitrogen and oxygen atoms in total. The van der Waals surface area contributed by atoms with Gasteiger partial charge in [-0.25, -0.2) is 4.79 Å². The first-order valence-electron chi connectivity index (χ1n) is 7.36. The van der Waals surface area contributed by atoms with Crippen LogP contribution in [-0.2, 0) is 9.53 Å². The molecule has 0 rings (SSSR count). The predicted molar refractivity (Wildman–Crippen MR) is 77.5 cm³/mol. The van der Waals surface area contributed by atoms with E-state index in [1.54, 1.807) is 6.92 Å². The monoisotopic (exact) mass is 254 g/mol. The molecule has 0 aliphatic heterocycles. The second kappa shape index (κ2) is 8.34. The minimum atomic E-state index is -0.304. The van der Waals surface area contributed by atoms with Gasteiger partial charge < -0.3 is 4.74 Å². The topological polar surface area (TPSA) is 26.3 Å². The van der Waals surface area contributed by atoms with Crippen molar-refractivity contribution in [2.24, 2.45) is 5.92 Å². The molecule has 0 radical (unpaired) electrons. The van der Waals surface area contributed by atoms with Gasteiger partial charge in [0.2, 0.25) is 0 Å². The Hall–Kier alpha value is -0.790. The molecule has 0 aliphatic rings. The van der Waals surface area contributed by atoms with Crippen LogP contribution in [0.5, 0.6) is 0 Å². The molecular formula is C16H30O2. The molecule has 0 aromatic carbocycles. The van der Waals surface area contributed by atoms with Crippen LogP contribution in [-0.4, -0.2) is 11.6 Å². The Morgan fingerprint density at radius 1 is 1.11 bits per heavy atom. The summed E-state index contributed by atoms with van der Waals surface area (Å²) in [6.07, 6.45) is 6.28. The molecule has 0 N–H and O–H groups in total. The summed E-state index contributed by atoms with van der Waals surface area (Å²) in [7, 11) is 0. The van der Waals surface area contributed by atoms with Crippen LogP contribution in [0.15, 0.2) is 12.2 Å². The summed E-state index contributed by atoms with van der Waals surface area (Å²) in [5.41, 5.74) is 0.190. The van der Waals surface area contributed by atoms with Crippen LogP contribution >= 0.6 is 0 Å². The van der Waals surface area contributed by atoms with Gasteiger partial charge in [-0.2, -0.15) is 0 Å². The third kappa shape index (κ3) is 4.47. The van der Waals surface area contributed by atoms with E-state index in [-0.39, 0.29) is 11.6 Å². The minimum absolute atomic E-state index is 0.240. The van der Waals surface area contributed by atoms with E-state index in [0.29, 0.717) is 11.5 Å². The standard InChI is InChI=1S/C16H30O2/c1-7-11-14(12-8-2)16(9-3,10-4)18-15(17)13(5)6/h14H,5,7-12H2,1-4,6H3. The largest absolute Gasteiger partial charge is 0.455 e. The van der Waals surface area contributed by atoms with Gasteiger partial charge in [0.05, 0.1) is 0 Å². The van der Waals surface area contributed by atoms with E-state index in [1.807, 2.05) is 0 Å². The van der Waals surface area contributed by atoms with Gasteiger partial charge in [0.25, 0.3) is 0 Å². The maximum atomic E-state index is 11.9. The fraction of sp³-hybridized carbons (Fsp3) is 0.812. The van der Waals surface area contributed by atoms with Gasteiger partial charge in [0, 0.05) is 5.57 Å². The van der Waals surface area contributed by atoms with Crippen molar-refractivity contribution in [2.45, 2.75) is 78.7 Å². The van der Waals surface area contributed by atoms with Gasteiger partial charge in [0.1, 0.15) is 5.60 Å². The molecule has 0 aromatic heterocycles. The van der Waals surface area contributed by atoms with Crippen molar-refractivity contribution in [3.8, 4) is 0 Å². The van der Waals surface area contributed by atoms with Gasteiger partial charge in [-0.1, -0.05) is 47.1 Å². The number of esters is 1. The number of rotatable bonds is 9. The predicted octanol–water partition coefficient (Wildman–Crippen LogP) is 4.88. The lowest BCUT2D eigenvalue weighted by Crippen LogP contribution is -2.42. The van der Waals surface area contributed by atoms with E-state index in [0.717, 1.165) is 38.5 Å². The van der Waals surface area contributed by atoms with Gasteiger partial charge in [0.15, 0.2) is 0 Å². The quantitative estimate of drug-likeness (QED) is 0.433. The summed E-state index contributed by atoms with van der Waals surface area (Å²) in [6.45, 7) is 14.0. The third-order valence-corrected chi connectivity index (χ3v) is 3.86. The lowest BCUT2D eigenvalue weighted by molar-refractivity contribution is -0.163. The Morgan fingerprint density at radius 3 is 1.83 bits per heavy atom. The zero-order chi connectivity index (χ0) is 14.2. The van der Waals surface area contributed by atoms with Crippen molar-refractivity contribution in [2.75, 3.05) is 0 Å². The summed E-state index contributed by atoms with van der Waals surface area (Å²) in [4.78, 5) is 11.9. The molecule has 0 aromatic rings. The van der Waals surface area contributed by atoms with Crippen LogP contribution in [0, 0.1) is 5.92 Å². The zero-order valence-electron chi connectivity index (χ0n) is 12.8. The Labute approximate surface area is 113 Å². The highest BCUT2D eigenvalue weighted by molar-refractivity contribution is 5.87. The lowest BCUT2D eigenvalue weighted by Gasteiger charge is -2.39. The van der Waals surface area contributed by atoms with Crippen LogP contribution in [0.4, 0.5) is 0 Å². The molecule has 0 atom stereocenters. The van der Waals surface area contributed by atoms with E-state index in [1.165, 1.54) is 0 Å². The Morgan fingerprint density at radius 2 is 1.56 bits per heavy atom. The van der Waals surface area contributed by atoms with Gasteiger partial charge in [-0.05, 0) is 38.5 Å². The first-order valence-corrected chi connectivity index (χ1v) is 7.36. The molecular weight excluding hydrogens is 224 g/mol. The first-order chi connectivity index (χ1) is 8.47. The molecule has 106 valence electrons. The normalized spacial score (nSPS) is 11.7. The molecule has 0 fully saturated rings. The maximum Gasteiger partial charge on any atom is 0.333 e. The van der Waals surface area contributed by atoms with Gasteiger partial charge in [-0.3, -0.25) is 0 Å². The lowest BCUT2D eigenvalue weighted by atomic mass is 9.77. The van der Waals surface area contributed by atoms with Crippen molar-refractivity contribution < 1.29 is 9.53 Å². The van der Waals surface area contributed by atoms with Crippen LogP contribution in [0.1, 0.15) is 73.1 Å². The van der Waals surface area contributed by atoms with E-state index in [2.05, 4.69) is 34.3 Å². The molecule has 0 bridgehead atoms. The summed E-state index contributed by atoms with van der Waals surface area (Å²) in [5, 5.41) is 0. The van der Waals surface area contributed by atoms with Crippen LogP contribution in [0.3, 0.4) is 0 Å². The molecule has 0 saturated carbocycles.